The van der Waals surface area contributed by atoms with E-state index in [0.29, 0.717) is 23.5 Å². The fourth-order valence-corrected chi connectivity index (χ4v) is 2.75. The predicted molar refractivity (Wildman–Crippen MR) is 54.6 cm³/mol. The van der Waals surface area contributed by atoms with Gasteiger partial charge in [0.2, 0.25) is 0 Å². The van der Waals surface area contributed by atoms with Gasteiger partial charge in [-0.25, -0.2) is 0 Å². The molecule has 1 heterocycles. The van der Waals surface area contributed by atoms with Crippen LogP contribution in [0.5, 0.6) is 0 Å². The van der Waals surface area contributed by atoms with Crippen LogP contribution in [-0.2, 0) is 4.79 Å². The summed E-state index contributed by atoms with van der Waals surface area (Å²) in [7, 11) is 2.06. The zero-order valence-corrected chi connectivity index (χ0v) is 9.37. The van der Waals surface area contributed by atoms with Gasteiger partial charge in [0, 0.05) is 6.54 Å². The van der Waals surface area contributed by atoms with E-state index in [1.807, 2.05) is 0 Å². The minimum Gasteiger partial charge on any atom is -0.298 e. The molecule has 0 spiro atoms. The van der Waals surface area contributed by atoms with Crippen LogP contribution in [0.1, 0.15) is 27.7 Å². The molecule has 0 aromatic heterocycles. The topological polar surface area (TPSA) is 20.3 Å². The Hall–Kier alpha value is -0.370. The van der Waals surface area contributed by atoms with Crippen molar-refractivity contribution in [3.8, 4) is 0 Å². The van der Waals surface area contributed by atoms with Crippen LogP contribution in [-0.4, -0.2) is 30.3 Å². The number of carbonyl (C=O) groups excluding carboxylic acids is 1. The Labute approximate surface area is 81.3 Å². The van der Waals surface area contributed by atoms with Crippen LogP contribution >= 0.6 is 0 Å². The lowest BCUT2D eigenvalue weighted by Gasteiger charge is -2.21. The molecule has 1 aliphatic rings. The number of ketones is 1. The maximum Gasteiger partial charge on any atom is 0.147 e. The van der Waals surface area contributed by atoms with Crippen LogP contribution in [0.4, 0.5) is 0 Å². The largest absolute Gasteiger partial charge is 0.298 e. The van der Waals surface area contributed by atoms with Crippen molar-refractivity contribution in [2.24, 2.45) is 17.8 Å². The highest BCUT2D eigenvalue weighted by Crippen LogP contribution is 2.33. The number of rotatable bonds is 2. The number of nitrogens with zero attached hydrogens (tertiary/aromatic N) is 1. The number of likely N-dealkylation sites (tertiary alicyclic amines) is 1. The molecule has 3 atom stereocenters. The Morgan fingerprint density at radius 1 is 1.46 bits per heavy atom. The fourth-order valence-electron chi connectivity index (χ4n) is 2.75. The monoisotopic (exact) mass is 183 g/mol. The lowest BCUT2D eigenvalue weighted by atomic mass is 9.83. The van der Waals surface area contributed by atoms with Gasteiger partial charge in [0.05, 0.1) is 6.04 Å². The molecule has 1 saturated heterocycles. The molecule has 0 radical (unpaired) electrons. The lowest BCUT2D eigenvalue weighted by Crippen LogP contribution is -2.34. The van der Waals surface area contributed by atoms with E-state index >= 15 is 0 Å². The lowest BCUT2D eigenvalue weighted by molar-refractivity contribution is -0.121. The summed E-state index contributed by atoms with van der Waals surface area (Å²) >= 11 is 0. The molecular weight excluding hydrogens is 162 g/mol. The third-order valence-electron chi connectivity index (χ3n) is 3.42. The summed E-state index contributed by atoms with van der Waals surface area (Å²) in [5, 5.41) is 0. The molecule has 1 rings (SSSR count). The van der Waals surface area contributed by atoms with Gasteiger partial charge in [-0.15, -0.1) is 0 Å². The van der Waals surface area contributed by atoms with Crippen molar-refractivity contribution < 1.29 is 4.79 Å². The molecule has 0 unspecified atom stereocenters. The van der Waals surface area contributed by atoms with Gasteiger partial charge in [0.15, 0.2) is 0 Å². The summed E-state index contributed by atoms with van der Waals surface area (Å²) in [6, 6.07) is 0.160. The standard InChI is InChI=1S/C11H21NO/c1-7(2)10-6-12(5)11(8(10)3)9(4)13/h7-8,10-11H,6H2,1-5H3/t8-,10+,11-/m0/s1. The number of hydrogen-bond acceptors (Lipinski definition) is 2. The summed E-state index contributed by atoms with van der Waals surface area (Å²) < 4.78 is 0. The van der Waals surface area contributed by atoms with Gasteiger partial charge in [-0.05, 0) is 31.7 Å². The Bertz CT molecular complexity index is 200. The molecule has 0 aliphatic carbocycles. The SMILES string of the molecule is CC(=O)[C@@H]1[C@@H](C)[C@@H](C(C)C)CN1C. The van der Waals surface area contributed by atoms with E-state index in [-0.39, 0.29) is 6.04 Å². The van der Waals surface area contributed by atoms with Crippen LogP contribution in [0.15, 0.2) is 0 Å². The minimum absolute atomic E-state index is 0.160. The molecule has 2 heteroatoms. The van der Waals surface area contributed by atoms with Gasteiger partial charge in [-0.1, -0.05) is 20.8 Å². The zero-order chi connectivity index (χ0) is 10.2. The molecule has 2 nitrogen and oxygen atoms in total. The highest BCUT2D eigenvalue weighted by atomic mass is 16.1. The minimum atomic E-state index is 0.160. The molecule has 0 amide bonds. The average Bonchev–Trinajstić information content (AvgIpc) is 2.26. The van der Waals surface area contributed by atoms with Crippen LogP contribution in [0, 0.1) is 17.8 Å². The summed E-state index contributed by atoms with van der Waals surface area (Å²) in [6.45, 7) is 9.48. The molecule has 76 valence electrons. The van der Waals surface area contributed by atoms with Crippen LogP contribution in [0.2, 0.25) is 0 Å². The van der Waals surface area contributed by atoms with Gasteiger partial charge in [0.25, 0.3) is 0 Å². The maximum absolute atomic E-state index is 11.4. The smallest absolute Gasteiger partial charge is 0.147 e. The van der Waals surface area contributed by atoms with E-state index in [1.54, 1.807) is 6.92 Å². The third kappa shape index (κ3) is 1.93. The van der Waals surface area contributed by atoms with Gasteiger partial charge >= 0.3 is 0 Å². The van der Waals surface area contributed by atoms with E-state index in [0.717, 1.165) is 6.54 Å². The van der Waals surface area contributed by atoms with Gasteiger partial charge in [-0.3, -0.25) is 9.69 Å². The molecule has 0 N–H and O–H groups in total. The molecular formula is C11H21NO. The predicted octanol–water partition coefficient (Wildman–Crippen LogP) is 1.80. The molecule has 0 aromatic rings. The van der Waals surface area contributed by atoms with E-state index < -0.39 is 0 Å². The first-order chi connectivity index (χ1) is 5.95. The first kappa shape index (κ1) is 10.7. The fraction of sp³-hybridized carbons (Fsp3) is 0.909. The molecule has 13 heavy (non-hydrogen) atoms. The van der Waals surface area contributed by atoms with Gasteiger partial charge < -0.3 is 0 Å². The maximum atomic E-state index is 11.4. The molecule has 0 aromatic carbocycles. The van der Waals surface area contributed by atoms with E-state index in [9.17, 15) is 4.79 Å². The second kappa shape index (κ2) is 3.79. The third-order valence-corrected chi connectivity index (χ3v) is 3.42. The van der Waals surface area contributed by atoms with E-state index in [4.69, 9.17) is 0 Å². The quantitative estimate of drug-likeness (QED) is 0.650. The van der Waals surface area contributed by atoms with Crippen molar-refractivity contribution in [3.05, 3.63) is 0 Å². The van der Waals surface area contributed by atoms with Crippen molar-refractivity contribution >= 4 is 5.78 Å². The second-order valence-electron chi connectivity index (χ2n) is 4.76. The average molecular weight is 183 g/mol. The van der Waals surface area contributed by atoms with Crippen molar-refractivity contribution in [2.45, 2.75) is 33.7 Å². The normalized spacial score (nSPS) is 35.7. The van der Waals surface area contributed by atoms with Crippen molar-refractivity contribution in [1.82, 2.24) is 4.90 Å². The van der Waals surface area contributed by atoms with Crippen molar-refractivity contribution in [2.75, 3.05) is 13.6 Å². The van der Waals surface area contributed by atoms with Crippen LogP contribution < -0.4 is 0 Å². The summed E-state index contributed by atoms with van der Waals surface area (Å²) in [5.41, 5.74) is 0. The van der Waals surface area contributed by atoms with E-state index in [1.165, 1.54) is 0 Å². The summed E-state index contributed by atoms with van der Waals surface area (Å²) in [4.78, 5) is 13.6. The second-order valence-corrected chi connectivity index (χ2v) is 4.76. The highest BCUT2D eigenvalue weighted by Gasteiger charge is 2.40. The number of hydrogen-bond donors (Lipinski definition) is 0. The van der Waals surface area contributed by atoms with Gasteiger partial charge in [-0.2, -0.15) is 0 Å². The molecule has 1 aliphatic heterocycles. The Balaban J connectivity index is 2.75. The Morgan fingerprint density at radius 3 is 2.23 bits per heavy atom. The number of Topliss-reactive ketones (excluding diaryl/α,β-unsaturated/α-hetero) is 1. The summed E-state index contributed by atoms with van der Waals surface area (Å²) in [5.74, 6) is 2.20. The molecule has 0 bridgehead atoms. The molecule has 1 fully saturated rings. The highest BCUT2D eigenvalue weighted by molar-refractivity contribution is 5.82. The summed E-state index contributed by atoms with van der Waals surface area (Å²) in [6.07, 6.45) is 0. The van der Waals surface area contributed by atoms with Crippen LogP contribution in [0.3, 0.4) is 0 Å². The van der Waals surface area contributed by atoms with Crippen molar-refractivity contribution in [3.63, 3.8) is 0 Å². The van der Waals surface area contributed by atoms with Crippen LogP contribution in [0.25, 0.3) is 0 Å². The van der Waals surface area contributed by atoms with Gasteiger partial charge in [0.1, 0.15) is 5.78 Å². The Kier molecular flexibility index (Phi) is 3.12. The van der Waals surface area contributed by atoms with Crippen molar-refractivity contribution in [1.29, 1.82) is 0 Å². The number of carbonyl (C=O) groups is 1. The first-order valence-corrected chi connectivity index (χ1v) is 5.15. The first-order valence-electron chi connectivity index (χ1n) is 5.15. The Morgan fingerprint density at radius 2 is 2.00 bits per heavy atom. The number of likely N-dealkylation sites (N-methyl/N-ethyl adjacent to an activating group) is 1. The van der Waals surface area contributed by atoms with E-state index in [2.05, 4.69) is 32.7 Å². The zero-order valence-electron chi connectivity index (χ0n) is 9.37. The molecule has 0 saturated carbocycles.